The maximum atomic E-state index is 12.0. The van der Waals surface area contributed by atoms with E-state index in [9.17, 15) is 9.59 Å². The number of hydrogen-bond donors (Lipinski definition) is 3. The summed E-state index contributed by atoms with van der Waals surface area (Å²) in [5.74, 6) is -0.597. The average molecular weight is 285 g/mol. The average Bonchev–Trinajstić information content (AvgIpc) is 2.97. The van der Waals surface area contributed by atoms with Crippen LogP contribution in [0.4, 0.5) is 0 Å². The summed E-state index contributed by atoms with van der Waals surface area (Å²) < 4.78 is 0. The monoisotopic (exact) mass is 285 g/mol. The number of carbonyl (C=O) groups is 2. The number of amides is 1. The van der Waals surface area contributed by atoms with Gasteiger partial charge in [-0.2, -0.15) is 0 Å². The third-order valence-corrected chi connectivity index (χ3v) is 2.92. The fourth-order valence-corrected chi connectivity index (χ4v) is 1.78. The largest absolute Gasteiger partial charge is 0.478 e. The Bertz CT molecular complexity index is 675. The molecule has 21 heavy (non-hydrogen) atoms. The number of benzene rings is 1. The van der Waals surface area contributed by atoms with Crippen LogP contribution in [-0.4, -0.2) is 27.0 Å². The molecule has 0 aliphatic carbocycles. The molecule has 0 saturated carbocycles. The topological polar surface area (TPSA) is 95.1 Å². The number of aromatic amines is 1. The van der Waals surface area contributed by atoms with E-state index in [2.05, 4.69) is 15.3 Å². The van der Waals surface area contributed by atoms with Crippen molar-refractivity contribution in [3.8, 4) is 0 Å². The van der Waals surface area contributed by atoms with Crippen LogP contribution in [0.25, 0.3) is 6.08 Å². The molecule has 0 unspecified atom stereocenters. The highest BCUT2D eigenvalue weighted by atomic mass is 16.4. The number of aromatic nitrogens is 2. The van der Waals surface area contributed by atoms with Crippen molar-refractivity contribution in [1.29, 1.82) is 0 Å². The number of nitrogens with zero attached hydrogens (tertiary/aromatic N) is 1. The summed E-state index contributed by atoms with van der Waals surface area (Å²) in [4.78, 5) is 29.5. The van der Waals surface area contributed by atoms with E-state index in [-0.39, 0.29) is 5.91 Å². The first kappa shape index (κ1) is 14.5. The molecule has 1 aromatic heterocycles. The summed E-state index contributed by atoms with van der Waals surface area (Å²) in [7, 11) is 0. The van der Waals surface area contributed by atoms with Crippen molar-refractivity contribution in [3.63, 3.8) is 0 Å². The molecule has 0 saturated heterocycles. The van der Waals surface area contributed by atoms with E-state index in [0.717, 1.165) is 11.6 Å². The molecule has 1 heterocycles. The molecule has 0 aliphatic heterocycles. The second-order valence-corrected chi connectivity index (χ2v) is 4.46. The van der Waals surface area contributed by atoms with Crippen molar-refractivity contribution in [1.82, 2.24) is 15.3 Å². The van der Waals surface area contributed by atoms with Crippen molar-refractivity contribution in [3.05, 3.63) is 59.2 Å². The second-order valence-electron chi connectivity index (χ2n) is 4.46. The quantitative estimate of drug-likeness (QED) is 0.729. The van der Waals surface area contributed by atoms with E-state index in [1.807, 2.05) is 6.92 Å². The lowest BCUT2D eigenvalue weighted by molar-refractivity contribution is -0.131. The summed E-state index contributed by atoms with van der Waals surface area (Å²) in [6.45, 7) is 2.16. The van der Waals surface area contributed by atoms with Gasteiger partial charge in [-0.15, -0.1) is 0 Å². The maximum absolute atomic E-state index is 12.0. The van der Waals surface area contributed by atoms with Gasteiger partial charge in [0.1, 0.15) is 5.82 Å². The molecule has 3 N–H and O–H groups in total. The van der Waals surface area contributed by atoms with Crippen LogP contribution in [0.1, 0.15) is 27.3 Å². The molecule has 108 valence electrons. The number of H-pyrrole nitrogens is 1. The number of imidazole rings is 1. The lowest BCUT2D eigenvalue weighted by Gasteiger charge is -2.06. The molecular weight excluding hydrogens is 270 g/mol. The number of rotatable bonds is 5. The van der Waals surface area contributed by atoms with Crippen LogP contribution in [0.5, 0.6) is 0 Å². The lowest BCUT2D eigenvalue weighted by atomic mass is 10.0. The second kappa shape index (κ2) is 6.51. The molecule has 0 spiro atoms. The predicted octanol–water partition coefficient (Wildman–Crippen LogP) is 1.75. The first-order valence-electron chi connectivity index (χ1n) is 6.34. The highest BCUT2D eigenvalue weighted by molar-refractivity contribution is 5.95. The van der Waals surface area contributed by atoms with Crippen LogP contribution in [-0.2, 0) is 11.3 Å². The Morgan fingerprint density at radius 3 is 2.90 bits per heavy atom. The van der Waals surface area contributed by atoms with Crippen LogP contribution in [0, 0.1) is 6.92 Å². The van der Waals surface area contributed by atoms with E-state index in [4.69, 9.17) is 5.11 Å². The van der Waals surface area contributed by atoms with Gasteiger partial charge >= 0.3 is 5.97 Å². The van der Waals surface area contributed by atoms with Crippen molar-refractivity contribution in [2.24, 2.45) is 0 Å². The molecule has 0 atom stereocenters. The number of carboxylic acids is 1. The van der Waals surface area contributed by atoms with Gasteiger partial charge in [-0.25, -0.2) is 9.78 Å². The molecule has 6 heteroatoms. The van der Waals surface area contributed by atoms with E-state index in [1.165, 1.54) is 6.08 Å². The number of aliphatic carboxylic acids is 1. The van der Waals surface area contributed by atoms with Gasteiger partial charge in [0.25, 0.3) is 5.91 Å². The molecule has 2 aromatic rings. The standard InChI is InChI=1S/C15H15N3O3/c1-10-2-3-12(8-11(10)4-5-14(19)20)15(21)18-9-13-16-6-7-17-13/h2-8H,9H2,1H3,(H,16,17)(H,18,21)(H,19,20)/b5-4+. The summed E-state index contributed by atoms with van der Waals surface area (Å²) in [5, 5.41) is 11.4. The molecule has 1 aromatic carbocycles. The molecule has 6 nitrogen and oxygen atoms in total. The minimum atomic E-state index is -1.03. The Hall–Kier alpha value is -2.89. The summed E-state index contributed by atoms with van der Waals surface area (Å²) in [6.07, 6.45) is 5.82. The van der Waals surface area contributed by atoms with Crippen LogP contribution in [0.3, 0.4) is 0 Å². The Balaban J connectivity index is 2.10. The fourth-order valence-electron chi connectivity index (χ4n) is 1.78. The third-order valence-electron chi connectivity index (χ3n) is 2.92. The van der Waals surface area contributed by atoms with Crippen LogP contribution in [0.2, 0.25) is 0 Å². The summed E-state index contributed by atoms with van der Waals surface area (Å²) in [5.41, 5.74) is 2.07. The van der Waals surface area contributed by atoms with Gasteiger partial charge in [0.2, 0.25) is 0 Å². The highest BCUT2D eigenvalue weighted by Gasteiger charge is 2.07. The van der Waals surface area contributed by atoms with Gasteiger partial charge < -0.3 is 15.4 Å². The van der Waals surface area contributed by atoms with Crippen molar-refractivity contribution < 1.29 is 14.7 Å². The molecule has 1 amide bonds. The van der Waals surface area contributed by atoms with Crippen LogP contribution < -0.4 is 5.32 Å². The minimum absolute atomic E-state index is 0.239. The normalized spacial score (nSPS) is 10.7. The van der Waals surface area contributed by atoms with Gasteiger partial charge in [0.05, 0.1) is 6.54 Å². The fraction of sp³-hybridized carbons (Fsp3) is 0.133. The minimum Gasteiger partial charge on any atom is -0.478 e. The van der Waals surface area contributed by atoms with Gasteiger partial charge in [-0.05, 0) is 36.3 Å². The smallest absolute Gasteiger partial charge is 0.328 e. The SMILES string of the molecule is Cc1ccc(C(=O)NCc2ncc[nH]2)cc1/C=C/C(=O)O. The summed E-state index contributed by atoms with van der Waals surface area (Å²) >= 11 is 0. The highest BCUT2D eigenvalue weighted by Crippen LogP contribution is 2.13. The van der Waals surface area contributed by atoms with Crippen LogP contribution >= 0.6 is 0 Å². The molecule has 0 aliphatic rings. The Kier molecular flexibility index (Phi) is 4.50. The molecule has 0 bridgehead atoms. The first-order chi connectivity index (χ1) is 10.1. The van der Waals surface area contributed by atoms with Gasteiger partial charge in [-0.1, -0.05) is 6.07 Å². The Labute approximate surface area is 121 Å². The molecule has 0 fully saturated rings. The van der Waals surface area contributed by atoms with E-state index >= 15 is 0 Å². The Morgan fingerprint density at radius 2 is 2.24 bits per heavy atom. The summed E-state index contributed by atoms with van der Waals surface area (Å²) in [6, 6.07) is 5.14. The molecule has 2 rings (SSSR count). The van der Waals surface area contributed by atoms with Gasteiger partial charge in [0.15, 0.2) is 0 Å². The number of carboxylic acid groups (broad SMARTS) is 1. The van der Waals surface area contributed by atoms with Gasteiger partial charge in [0, 0.05) is 24.0 Å². The van der Waals surface area contributed by atoms with Gasteiger partial charge in [-0.3, -0.25) is 4.79 Å². The zero-order chi connectivity index (χ0) is 15.2. The van der Waals surface area contributed by atoms with Crippen LogP contribution in [0.15, 0.2) is 36.7 Å². The van der Waals surface area contributed by atoms with E-state index in [0.29, 0.717) is 23.5 Å². The van der Waals surface area contributed by atoms with Crippen molar-refractivity contribution in [2.45, 2.75) is 13.5 Å². The zero-order valence-electron chi connectivity index (χ0n) is 11.5. The van der Waals surface area contributed by atoms with Crippen molar-refractivity contribution in [2.75, 3.05) is 0 Å². The first-order valence-corrected chi connectivity index (χ1v) is 6.34. The van der Waals surface area contributed by atoms with Crippen molar-refractivity contribution >= 4 is 18.0 Å². The molecule has 0 radical (unpaired) electrons. The molecular formula is C15H15N3O3. The number of nitrogens with one attached hydrogen (secondary N) is 2. The number of carbonyl (C=O) groups excluding carboxylic acids is 1. The lowest BCUT2D eigenvalue weighted by Crippen LogP contribution is -2.23. The zero-order valence-corrected chi connectivity index (χ0v) is 11.5. The third kappa shape index (κ3) is 4.04. The number of aryl methyl sites for hydroxylation is 1. The van der Waals surface area contributed by atoms with E-state index in [1.54, 1.807) is 30.6 Å². The maximum Gasteiger partial charge on any atom is 0.328 e. The number of hydrogen-bond acceptors (Lipinski definition) is 3. The predicted molar refractivity (Wildman–Crippen MR) is 77.6 cm³/mol. The Morgan fingerprint density at radius 1 is 1.43 bits per heavy atom. The van der Waals surface area contributed by atoms with E-state index < -0.39 is 5.97 Å².